The molecule has 0 aliphatic heterocycles. The van der Waals surface area contributed by atoms with Gasteiger partial charge >= 0.3 is 103 Å². The summed E-state index contributed by atoms with van der Waals surface area (Å²) in [5, 5.41) is 0. The average molecular weight is 150 g/mol. The molecule has 0 saturated carbocycles. The molecule has 28 valence electrons. The van der Waals surface area contributed by atoms with Crippen LogP contribution in [0.15, 0.2) is 0 Å². The van der Waals surface area contributed by atoms with Crippen LogP contribution >= 0.6 is 0 Å². The maximum atomic E-state index is 8.80. The van der Waals surface area contributed by atoms with E-state index in [1.54, 1.807) is 0 Å². The molecule has 5 heteroatoms. The van der Waals surface area contributed by atoms with E-state index in [-0.39, 0.29) is 103 Å². The number of hydrogen-bond donors (Lipinski definition) is 0. The fraction of sp³-hybridized carbons (Fsp3) is 0. The Hall–Kier alpha value is 2.41. The van der Waals surface area contributed by atoms with E-state index >= 15 is 0 Å². The van der Waals surface area contributed by atoms with Gasteiger partial charge in [0.1, 0.15) is 0 Å². The second-order valence-corrected chi connectivity index (χ2v) is 0.269. The summed E-state index contributed by atoms with van der Waals surface area (Å²) in [5.41, 5.74) is 0. The van der Waals surface area contributed by atoms with Crippen LogP contribution < -0.4 is 103 Å². The third-order valence-electron chi connectivity index (χ3n) is 0.0833. The Morgan fingerprint density at radius 3 is 1.29 bits per heavy atom. The quantitative estimate of drug-likeness (QED) is 0.223. The molecule has 0 saturated heterocycles. The molecule has 0 N–H and O–H groups in total. The first kappa shape index (κ1) is 16.2. The molecule has 0 aromatic rings. The monoisotopic (exact) mass is 150 g/mol. The normalized spacial score (nSPS) is 4.00. The van der Waals surface area contributed by atoms with Crippen LogP contribution in [-0.4, -0.2) is 12.9 Å². The molecule has 3 nitrogen and oxygen atoms in total. The van der Waals surface area contributed by atoms with Gasteiger partial charge in [-0.05, 0) is 0 Å². The van der Waals surface area contributed by atoms with Gasteiger partial charge in [-0.25, -0.2) is 0 Å². The van der Waals surface area contributed by atoms with Crippen LogP contribution in [-0.2, 0) is 14.3 Å². The van der Waals surface area contributed by atoms with Crippen molar-refractivity contribution in [1.29, 1.82) is 0 Å². The first-order valence-corrected chi connectivity index (χ1v) is 0.816. The van der Waals surface area contributed by atoms with Crippen molar-refractivity contribution < 1.29 is 117 Å². The molecular formula is C2K2O3. The van der Waals surface area contributed by atoms with Crippen molar-refractivity contribution in [2.45, 2.75) is 0 Å². The topological polar surface area (TPSA) is 43.4 Å². The second kappa shape index (κ2) is 15.8. The molecule has 0 fully saturated rings. The van der Waals surface area contributed by atoms with Crippen LogP contribution in [0.3, 0.4) is 0 Å². The van der Waals surface area contributed by atoms with Crippen molar-refractivity contribution in [3.05, 3.63) is 0 Å². The van der Waals surface area contributed by atoms with E-state index in [1.807, 2.05) is 0 Å². The smallest absolute Gasteiger partial charge is 0.783 e. The van der Waals surface area contributed by atoms with E-state index in [0.717, 1.165) is 12.9 Å². The predicted octanol–water partition coefficient (Wildman–Crippen LogP) is -6.85. The summed E-state index contributed by atoms with van der Waals surface area (Å²) in [6, 6.07) is 0. The Balaban J connectivity index is -0.0000000800. The fourth-order valence-corrected chi connectivity index (χ4v) is 0.0170. The van der Waals surface area contributed by atoms with E-state index in [1.165, 1.54) is 0 Å². The van der Waals surface area contributed by atoms with Crippen LogP contribution in [0.5, 0.6) is 0 Å². The fourth-order valence-electron chi connectivity index (χ4n) is 0.0170. The summed E-state index contributed by atoms with van der Waals surface area (Å²) >= 11 is 0. The largest absolute Gasteiger partial charge is 1.00 e. The minimum atomic E-state index is 0. The van der Waals surface area contributed by atoms with Crippen LogP contribution in [0.1, 0.15) is 0 Å². The Kier molecular flexibility index (Phi) is 36.5. The molecule has 0 unspecified atom stereocenters. The molecule has 0 amide bonds. The Bertz CT molecular complexity index is 40.2. The van der Waals surface area contributed by atoms with Gasteiger partial charge in [0.05, 0.1) is 0 Å². The third kappa shape index (κ3) is 17.8. The van der Waals surface area contributed by atoms with Gasteiger partial charge in [-0.3, -0.25) is 0 Å². The zero-order valence-corrected chi connectivity index (χ0v) is 10.5. The summed E-state index contributed by atoms with van der Waals surface area (Å²) in [4.78, 5) is 17.6. The molecular weight excluding hydrogens is 150 g/mol. The minimum Gasteiger partial charge on any atom is -0.783 e. The van der Waals surface area contributed by atoms with E-state index in [9.17, 15) is 0 Å². The van der Waals surface area contributed by atoms with Gasteiger partial charge in [-0.1, -0.05) is 0 Å². The van der Waals surface area contributed by atoms with Crippen LogP contribution in [0, 0.1) is 0 Å². The Morgan fingerprint density at radius 2 is 1.29 bits per heavy atom. The molecule has 0 atom stereocenters. The van der Waals surface area contributed by atoms with Crippen molar-refractivity contribution in [2.24, 2.45) is 0 Å². The Morgan fingerprint density at radius 1 is 1.00 bits per heavy atom. The Labute approximate surface area is 126 Å². The first-order chi connectivity index (χ1) is 2.41. The summed E-state index contributed by atoms with van der Waals surface area (Å²) in [7, 11) is 0. The average Bonchev–Trinajstić information content (AvgIpc) is 1.41. The SMILES string of the molecule is O=[C-]O[C-]=O.[K+].[K+]. The number of hydrogen-bond acceptors (Lipinski definition) is 3. The summed E-state index contributed by atoms with van der Waals surface area (Å²) in [6.07, 6.45) is 0. The number of rotatable bonds is 2. The maximum absolute atomic E-state index is 8.80. The molecule has 0 aliphatic rings. The minimum absolute atomic E-state index is 0. The van der Waals surface area contributed by atoms with Crippen molar-refractivity contribution in [3.63, 3.8) is 0 Å². The maximum Gasteiger partial charge on any atom is 1.00 e. The van der Waals surface area contributed by atoms with Gasteiger partial charge < -0.3 is 14.3 Å². The number of carbonyl (C=O) groups excluding carboxylic acids is 2. The molecule has 0 spiro atoms. The van der Waals surface area contributed by atoms with Crippen molar-refractivity contribution in [2.75, 3.05) is 0 Å². The van der Waals surface area contributed by atoms with Gasteiger partial charge in [0.2, 0.25) is 0 Å². The first-order valence-electron chi connectivity index (χ1n) is 0.816. The molecule has 0 aliphatic carbocycles. The zero-order chi connectivity index (χ0) is 4.12. The molecule has 0 aromatic carbocycles. The molecule has 0 heterocycles. The van der Waals surface area contributed by atoms with E-state index in [2.05, 4.69) is 4.74 Å². The molecule has 0 rings (SSSR count). The van der Waals surface area contributed by atoms with Crippen molar-refractivity contribution >= 4 is 12.9 Å². The van der Waals surface area contributed by atoms with Crippen LogP contribution in [0.2, 0.25) is 0 Å². The van der Waals surface area contributed by atoms with E-state index in [0.29, 0.717) is 0 Å². The van der Waals surface area contributed by atoms with E-state index in [4.69, 9.17) is 9.59 Å². The van der Waals surface area contributed by atoms with Crippen LogP contribution in [0.25, 0.3) is 0 Å². The van der Waals surface area contributed by atoms with Gasteiger partial charge in [0.25, 0.3) is 0 Å². The summed E-state index contributed by atoms with van der Waals surface area (Å²) in [6.45, 7) is 1.69. The standard InChI is InChI=1S/C2O3.2K/c3-1-5-2-4;;/q-2;2*+1. The van der Waals surface area contributed by atoms with E-state index < -0.39 is 0 Å². The van der Waals surface area contributed by atoms with Crippen LogP contribution in [0.4, 0.5) is 0 Å². The van der Waals surface area contributed by atoms with Crippen molar-refractivity contribution in [1.82, 2.24) is 0 Å². The summed E-state index contributed by atoms with van der Waals surface area (Å²) in [5.74, 6) is 0. The van der Waals surface area contributed by atoms with Gasteiger partial charge in [-0.15, -0.1) is 12.9 Å². The number of ether oxygens (including phenoxy) is 1. The zero-order valence-electron chi connectivity index (χ0n) is 4.22. The third-order valence-corrected chi connectivity index (χ3v) is 0.0833. The van der Waals surface area contributed by atoms with Crippen molar-refractivity contribution in [3.8, 4) is 0 Å². The van der Waals surface area contributed by atoms with Gasteiger partial charge in [-0.2, -0.15) is 0 Å². The van der Waals surface area contributed by atoms with Gasteiger partial charge in [0.15, 0.2) is 0 Å². The molecule has 0 aromatic heterocycles. The molecule has 7 heavy (non-hydrogen) atoms. The van der Waals surface area contributed by atoms with Gasteiger partial charge in [0, 0.05) is 0 Å². The predicted molar refractivity (Wildman–Crippen MR) is 12.5 cm³/mol. The second-order valence-electron chi connectivity index (χ2n) is 0.269. The molecule has 0 radical (unpaired) electrons. The summed E-state index contributed by atoms with van der Waals surface area (Å²) < 4.78 is 3.22. The molecule has 0 bridgehead atoms.